The Bertz CT molecular complexity index is 921. The molecule has 3 rings (SSSR count). The molecule has 1 aromatic carbocycles. The fourth-order valence-corrected chi connectivity index (χ4v) is 2.75. The van der Waals surface area contributed by atoms with E-state index >= 15 is 0 Å². The molecule has 7 heteroatoms. The van der Waals surface area contributed by atoms with Crippen LogP contribution in [0.4, 0.5) is 0 Å². The van der Waals surface area contributed by atoms with Crippen molar-refractivity contribution in [3.63, 3.8) is 0 Å². The van der Waals surface area contributed by atoms with E-state index in [-0.39, 0.29) is 11.8 Å². The van der Waals surface area contributed by atoms with Gasteiger partial charge in [-0.05, 0) is 30.2 Å². The van der Waals surface area contributed by atoms with Gasteiger partial charge in [-0.25, -0.2) is 4.98 Å². The van der Waals surface area contributed by atoms with Crippen LogP contribution in [0, 0.1) is 0 Å². The summed E-state index contributed by atoms with van der Waals surface area (Å²) in [5.41, 5.74) is 2.45. The van der Waals surface area contributed by atoms with Crippen LogP contribution in [-0.4, -0.2) is 23.2 Å². The van der Waals surface area contributed by atoms with E-state index in [4.69, 9.17) is 20.9 Å². The molecule has 0 aliphatic rings. The van der Waals surface area contributed by atoms with Gasteiger partial charge in [0, 0.05) is 23.3 Å². The third-order valence-corrected chi connectivity index (χ3v) is 4.08. The molecule has 1 amide bonds. The smallest absolute Gasteiger partial charge is 0.257 e. The normalized spacial score (nSPS) is 11.1. The highest BCUT2D eigenvalue weighted by Crippen LogP contribution is 2.25. The van der Waals surface area contributed by atoms with Crippen molar-refractivity contribution in [3.05, 3.63) is 52.3 Å². The number of hydrogen-bond donors (Lipinski definition) is 1. The van der Waals surface area contributed by atoms with Crippen molar-refractivity contribution in [1.82, 2.24) is 15.5 Å². The maximum absolute atomic E-state index is 12.5. The summed E-state index contributed by atoms with van der Waals surface area (Å²) in [6.07, 6.45) is 1.47. The minimum absolute atomic E-state index is 0.178. The monoisotopic (exact) mass is 359 g/mol. The minimum atomic E-state index is -0.243. The van der Waals surface area contributed by atoms with E-state index in [9.17, 15) is 4.79 Å². The van der Waals surface area contributed by atoms with Crippen molar-refractivity contribution < 1.29 is 14.1 Å². The van der Waals surface area contributed by atoms with E-state index in [2.05, 4.69) is 15.5 Å². The summed E-state index contributed by atoms with van der Waals surface area (Å²) in [5.74, 6) is 0.601. The molecule has 0 bridgehead atoms. The lowest BCUT2D eigenvalue weighted by Crippen LogP contribution is -2.23. The molecule has 6 nitrogen and oxygen atoms in total. The molecular weight excluding hydrogens is 342 g/mol. The number of ether oxygens (including phenoxy) is 1. The van der Waals surface area contributed by atoms with Crippen molar-refractivity contribution in [1.29, 1.82) is 0 Å². The zero-order valence-corrected chi connectivity index (χ0v) is 14.9. The molecular formula is C18H18ClN3O3. The summed E-state index contributed by atoms with van der Waals surface area (Å²) < 4.78 is 10.5. The van der Waals surface area contributed by atoms with Gasteiger partial charge in [-0.2, -0.15) is 0 Å². The van der Waals surface area contributed by atoms with Gasteiger partial charge < -0.3 is 14.6 Å². The predicted molar refractivity (Wildman–Crippen MR) is 95.1 cm³/mol. The van der Waals surface area contributed by atoms with Crippen LogP contribution in [0.2, 0.25) is 5.02 Å². The third-order valence-electron chi connectivity index (χ3n) is 3.85. The molecule has 25 heavy (non-hydrogen) atoms. The average molecular weight is 360 g/mol. The number of pyridine rings is 1. The molecule has 2 heterocycles. The molecule has 0 aliphatic carbocycles. The van der Waals surface area contributed by atoms with Crippen molar-refractivity contribution >= 4 is 28.6 Å². The first-order valence-corrected chi connectivity index (χ1v) is 8.23. The predicted octanol–water partition coefficient (Wildman–Crippen LogP) is 3.94. The maximum Gasteiger partial charge on any atom is 0.257 e. The summed E-state index contributed by atoms with van der Waals surface area (Å²) in [7, 11) is 1.58. The van der Waals surface area contributed by atoms with Gasteiger partial charge in [0.1, 0.15) is 5.75 Å². The lowest BCUT2D eigenvalue weighted by atomic mass is 10.1. The van der Waals surface area contributed by atoms with Crippen molar-refractivity contribution in [2.75, 3.05) is 7.11 Å². The topological polar surface area (TPSA) is 77.2 Å². The van der Waals surface area contributed by atoms with E-state index in [1.54, 1.807) is 31.4 Å². The lowest BCUT2D eigenvalue weighted by molar-refractivity contribution is 0.0950. The minimum Gasteiger partial charge on any atom is -0.496 e. The second kappa shape index (κ2) is 7.11. The lowest BCUT2D eigenvalue weighted by Gasteiger charge is -2.10. The van der Waals surface area contributed by atoms with Gasteiger partial charge in [-0.15, -0.1) is 0 Å². The number of halogens is 1. The van der Waals surface area contributed by atoms with E-state index < -0.39 is 0 Å². The van der Waals surface area contributed by atoms with Crippen LogP contribution in [0.3, 0.4) is 0 Å². The molecule has 2 aromatic heterocycles. The van der Waals surface area contributed by atoms with Crippen LogP contribution in [0.15, 0.2) is 35.0 Å². The summed E-state index contributed by atoms with van der Waals surface area (Å²) >= 11 is 6.01. The van der Waals surface area contributed by atoms with Gasteiger partial charge in [-0.1, -0.05) is 30.6 Å². The van der Waals surface area contributed by atoms with Gasteiger partial charge in [0.25, 0.3) is 11.6 Å². The van der Waals surface area contributed by atoms with E-state index in [1.165, 1.54) is 6.20 Å². The SMILES string of the molecule is COc1ccc(Cl)cc1CNC(=O)c1cnc2onc(C(C)C)c2c1. The number of aromatic nitrogens is 2. The van der Waals surface area contributed by atoms with Gasteiger partial charge in [0.2, 0.25) is 0 Å². The Hall–Kier alpha value is -2.60. The molecule has 0 fully saturated rings. The van der Waals surface area contributed by atoms with Gasteiger partial charge in [0.05, 0.1) is 23.8 Å². The molecule has 0 unspecified atom stereocenters. The molecule has 0 spiro atoms. The number of fused-ring (bicyclic) bond motifs is 1. The number of nitrogens with one attached hydrogen (secondary N) is 1. The Balaban J connectivity index is 1.81. The summed E-state index contributed by atoms with van der Waals surface area (Å²) in [4.78, 5) is 16.6. The largest absolute Gasteiger partial charge is 0.496 e. The van der Waals surface area contributed by atoms with Crippen LogP contribution in [0.25, 0.3) is 11.1 Å². The number of carbonyl (C=O) groups is 1. The van der Waals surface area contributed by atoms with E-state index in [0.29, 0.717) is 28.6 Å². The van der Waals surface area contributed by atoms with Crippen molar-refractivity contribution in [2.24, 2.45) is 0 Å². The molecule has 3 aromatic rings. The molecule has 0 radical (unpaired) electrons. The molecule has 0 saturated heterocycles. The highest BCUT2D eigenvalue weighted by molar-refractivity contribution is 6.30. The molecule has 0 aliphatic heterocycles. The third kappa shape index (κ3) is 3.58. The Morgan fingerprint density at radius 3 is 2.88 bits per heavy atom. The maximum atomic E-state index is 12.5. The Morgan fingerprint density at radius 2 is 2.16 bits per heavy atom. The number of rotatable bonds is 5. The van der Waals surface area contributed by atoms with Crippen LogP contribution in [-0.2, 0) is 6.54 Å². The van der Waals surface area contributed by atoms with E-state index in [0.717, 1.165) is 16.6 Å². The van der Waals surface area contributed by atoms with Crippen LogP contribution < -0.4 is 10.1 Å². The molecule has 0 atom stereocenters. The van der Waals surface area contributed by atoms with Gasteiger partial charge in [-0.3, -0.25) is 4.79 Å². The second-order valence-corrected chi connectivity index (χ2v) is 6.37. The summed E-state index contributed by atoms with van der Waals surface area (Å²) in [5, 5.41) is 8.21. The number of methoxy groups -OCH3 is 1. The fraction of sp³-hybridized carbons (Fsp3) is 0.278. The average Bonchev–Trinajstić information content (AvgIpc) is 3.03. The summed E-state index contributed by atoms with van der Waals surface area (Å²) in [6.45, 7) is 4.31. The first-order chi connectivity index (χ1) is 12.0. The Morgan fingerprint density at radius 1 is 1.36 bits per heavy atom. The number of carbonyl (C=O) groups excluding carboxylic acids is 1. The number of hydrogen-bond acceptors (Lipinski definition) is 5. The number of benzene rings is 1. The molecule has 1 N–H and O–H groups in total. The second-order valence-electron chi connectivity index (χ2n) is 5.94. The molecule has 130 valence electrons. The highest BCUT2D eigenvalue weighted by Gasteiger charge is 2.16. The van der Waals surface area contributed by atoms with Gasteiger partial charge in [0.15, 0.2) is 0 Å². The van der Waals surface area contributed by atoms with Crippen LogP contribution in [0.5, 0.6) is 5.75 Å². The standard InChI is InChI=1S/C18H18ClN3O3/c1-10(2)16-14-7-12(9-21-18(14)25-22-16)17(23)20-8-11-6-13(19)4-5-15(11)24-3/h4-7,9-10H,8H2,1-3H3,(H,20,23). The zero-order chi connectivity index (χ0) is 18.0. The summed E-state index contributed by atoms with van der Waals surface area (Å²) in [6, 6.07) is 7.02. The Labute approximate surface area is 150 Å². The van der Waals surface area contributed by atoms with Crippen LogP contribution >= 0.6 is 11.6 Å². The van der Waals surface area contributed by atoms with Crippen molar-refractivity contribution in [2.45, 2.75) is 26.3 Å². The van der Waals surface area contributed by atoms with Crippen molar-refractivity contribution in [3.8, 4) is 5.75 Å². The first-order valence-electron chi connectivity index (χ1n) is 7.85. The first kappa shape index (κ1) is 17.2. The van der Waals surface area contributed by atoms with E-state index in [1.807, 2.05) is 13.8 Å². The fourth-order valence-electron chi connectivity index (χ4n) is 2.55. The highest BCUT2D eigenvalue weighted by atomic mass is 35.5. The number of amides is 1. The van der Waals surface area contributed by atoms with Crippen LogP contribution in [0.1, 0.15) is 41.4 Å². The number of nitrogens with zero attached hydrogens (tertiary/aromatic N) is 2. The zero-order valence-electron chi connectivity index (χ0n) is 14.2. The molecule has 0 saturated carbocycles. The Kier molecular flexibility index (Phi) is 4.90. The quantitative estimate of drug-likeness (QED) is 0.746. The van der Waals surface area contributed by atoms with Gasteiger partial charge >= 0.3 is 0 Å².